The number of fused-ring (bicyclic) bond motifs is 1. The van der Waals surface area contributed by atoms with Gasteiger partial charge in [0.2, 0.25) is 11.8 Å². The SMILES string of the molecule is CC(C)(COP(=O)(O)OP(=O)(O)OC[C@H]1O[C@@H](n2cnc3c(N)ncnc32)[C@H](O)[C@@H]1OP(=O)(O)O)[C@@H](O)C(=O)NCCC(=O)NCCSC(=O)C[C@@H](O)C(=O)O. The number of carboxylic acid groups (broad SMARTS) is 1. The number of amides is 2. The molecule has 3 rings (SSSR count). The van der Waals surface area contributed by atoms with Crippen molar-refractivity contribution in [3.8, 4) is 0 Å². The number of imidazole rings is 1. The Morgan fingerprint density at radius 3 is 2.34 bits per heavy atom. The van der Waals surface area contributed by atoms with Gasteiger partial charge in [-0.2, -0.15) is 4.31 Å². The molecule has 12 N–H and O–H groups in total. The normalized spacial score (nSPS) is 22.2. The number of rotatable bonds is 22. The number of hydrogen-bond acceptors (Lipinski definition) is 20. The zero-order chi connectivity index (χ0) is 42.2. The third-order valence-electron chi connectivity index (χ3n) is 7.41. The molecule has 3 heterocycles. The van der Waals surface area contributed by atoms with Crippen LogP contribution in [0.4, 0.5) is 5.82 Å². The summed E-state index contributed by atoms with van der Waals surface area (Å²) in [5, 5.41) is 43.2. The number of nitrogen functional groups attached to an aromatic ring is 1. The van der Waals surface area contributed by atoms with Crippen LogP contribution in [0.15, 0.2) is 12.7 Å². The molecule has 1 aliphatic heterocycles. The van der Waals surface area contributed by atoms with E-state index < -0.39 is 108 Å². The zero-order valence-electron chi connectivity index (χ0n) is 29.2. The fraction of sp³-hybridized carbons (Fsp3) is 0.640. The fourth-order valence-corrected chi connectivity index (χ4v) is 8.14. The minimum absolute atomic E-state index is 0.00567. The predicted molar refractivity (Wildman–Crippen MR) is 185 cm³/mol. The van der Waals surface area contributed by atoms with E-state index in [1.807, 2.05) is 0 Å². The average Bonchev–Trinajstić information content (AvgIpc) is 3.64. The van der Waals surface area contributed by atoms with E-state index >= 15 is 0 Å². The Kier molecular flexibility index (Phi) is 16.6. The predicted octanol–water partition coefficient (Wildman–Crippen LogP) is -2.50. The third-order valence-corrected chi connectivity index (χ3v) is 11.4. The highest BCUT2D eigenvalue weighted by atomic mass is 32.2. The molecule has 0 aromatic carbocycles. The van der Waals surface area contributed by atoms with Gasteiger partial charge in [0.1, 0.15) is 36.3 Å². The number of nitrogens with one attached hydrogen (secondary N) is 2. The van der Waals surface area contributed by atoms with Crippen LogP contribution in [0, 0.1) is 5.41 Å². The lowest BCUT2D eigenvalue weighted by molar-refractivity contribution is -0.148. The van der Waals surface area contributed by atoms with E-state index in [1.165, 1.54) is 13.8 Å². The molecule has 2 aromatic heterocycles. The number of aliphatic hydroxyl groups is 3. The number of aliphatic carboxylic acids is 1. The second-order valence-corrected chi connectivity index (χ2v) is 17.7. The average molecular weight is 884 g/mol. The van der Waals surface area contributed by atoms with E-state index in [9.17, 15) is 62.7 Å². The smallest absolute Gasteiger partial charge is 0.479 e. The van der Waals surface area contributed by atoms with E-state index in [2.05, 4.69) is 34.4 Å². The van der Waals surface area contributed by atoms with Gasteiger partial charge < -0.3 is 61.1 Å². The van der Waals surface area contributed by atoms with Crippen molar-refractivity contribution >= 4 is 75.1 Å². The minimum Gasteiger partial charge on any atom is -0.479 e. The molecule has 1 saturated heterocycles. The van der Waals surface area contributed by atoms with Crippen molar-refractivity contribution in [1.82, 2.24) is 30.2 Å². The molecule has 27 nitrogen and oxygen atoms in total. The number of carboxylic acids is 1. The first-order chi connectivity index (χ1) is 25.8. The number of nitrogens with zero attached hydrogens (tertiary/aromatic N) is 4. The van der Waals surface area contributed by atoms with Crippen LogP contribution in [-0.4, -0.2) is 145 Å². The Labute approximate surface area is 319 Å². The molecule has 2 amide bonds. The summed E-state index contributed by atoms with van der Waals surface area (Å²) >= 11 is 0.693. The first-order valence-electron chi connectivity index (χ1n) is 15.8. The maximum Gasteiger partial charge on any atom is 0.481 e. The first-order valence-corrected chi connectivity index (χ1v) is 21.3. The summed E-state index contributed by atoms with van der Waals surface area (Å²) in [4.78, 5) is 97.5. The summed E-state index contributed by atoms with van der Waals surface area (Å²) in [5.74, 6) is -3.15. The molecule has 0 bridgehead atoms. The molecule has 8 atom stereocenters. The number of carbonyl (C=O) groups is 4. The molecule has 2 unspecified atom stereocenters. The molecule has 1 aliphatic rings. The third kappa shape index (κ3) is 14.1. The van der Waals surface area contributed by atoms with Crippen LogP contribution in [0.5, 0.6) is 0 Å². The Morgan fingerprint density at radius 1 is 1.04 bits per heavy atom. The number of ether oxygens (including phenoxy) is 1. The topological polar surface area (TPSA) is 421 Å². The molecule has 31 heteroatoms. The van der Waals surface area contributed by atoms with Crippen molar-refractivity contribution in [2.75, 3.05) is 37.8 Å². The van der Waals surface area contributed by atoms with Crippen LogP contribution < -0.4 is 16.4 Å². The van der Waals surface area contributed by atoms with Crippen molar-refractivity contribution in [3.05, 3.63) is 12.7 Å². The summed E-state index contributed by atoms with van der Waals surface area (Å²) in [6, 6.07) is 0. The molecule has 1 fully saturated rings. The molecule has 0 aliphatic carbocycles. The number of nitrogens with two attached hydrogens (primary N) is 1. The number of aromatic nitrogens is 4. The maximum atomic E-state index is 12.6. The summed E-state index contributed by atoms with van der Waals surface area (Å²) < 4.78 is 61.9. The highest BCUT2D eigenvalue weighted by Crippen LogP contribution is 2.61. The highest BCUT2D eigenvalue weighted by Gasteiger charge is 2.50. The van der Waals surface area contributed by atoms with Crippen molar-refractivity contribution in [3.63, 3.8) is 0 Å². The Bertz CT molecular complexity index is 1880. The van der Waals surface area contributed by atoms with Crippen LogP contribution in [0.3, 0.4) is 0 Å². The number of anilines is 1. The van der Waals surface area contributed by atoms with E-state index in [-0.39, 0.29) is 42.2 Å². The standard InChI is InChI=1S/C25H40N7O20P3S/c1-25(2,19(37)22(38)28-4-3-14(34)27-5-6-56-15(35)7-12(33)24(39)40)9-49-55(46,47)52-54(44,45)48-8-13-18(51-53(41,42)43)17(36)23(50-13)32-11-31-16-20(26)29-10-30-21(16)32/h10-13,17-19,23,33,36-37H,3-9H2,1-2H3,(H,27,34)(H,28,38)(H,39,40)(H,44,45)(H,46,47)(H2,26,29,30)(H2,41,42,43)/t12-,13-,17-,18-,19+,23-/m1/s1. The van der Waals surface area contributed by atoms with E-state index in [4.69, 9.17) is 29.7 Å². The van der Waals surface area contributed by atoms with Gasteiger partial charge in [-0.3, -0.25) is 32.5 Å². The van der Waals surface area contributed by atoms with Crippen LogP contribution in [0.1, 0.15) is 32.9 Å². The lowest BCUT2D eigenvalue weighted by atomic mass is 9.87. The summed E-state index contributed by atoms with van der Waals surface area (Å²) in [6.07, 6.45) is -9.65. The molecule has 0 radical (unpaired) electrons. The van der Waals surface area contributed by atoms with Crippen molar-refractivity contribution in [2.24, 2.45) is 5.41 Å². The van der Waals surface area contributed by atoms with E-state index in [0.717, 1.165) is 17.2 Å². The van der Waals surface area contributed by atoms with E-state index in [0.29, 0.717) is 11.8 Å². The Balaban J connectivity index is 1.48. The summed E-state index contributed by atoms with van der Waals surface area (Å²) in [6.45, 7) is 0.0347. The number of thioether (sulfide) groups is 1. The number of carbonyl (C=O) groups excluding carboxylic acids is 3. The number of hydrogen-bond donors (Lipinski definition) is 11. The molecule has 2 aromatic rings. The second-order valence-electron chi connectivity index (χ2n) is 12.3. The van der Waals surface area contributed by atoms with Gasteiger partial charge in [0.25, 0.3) is 0 Å². The van der Waals surface area contributed by atoms with Gasteiger partial charge in [-0.05, 0) is 0 Å². The zero-order valence-corrected chi connectivity index (χ0v) is 32.7. The van der Waals surface area contributed by atoms with Crippen LogP contribution >= 0.6 is 35.2 Å². The minimum atomic E-state index is -5.60. The van der Waals surface area contributed by atoms with Gasteiger partial charge in [0.05, 0.1) is 26.0 Å². The van der Waals surface area contributed by atoms with Gasteiger partial charge in [0.15, 0.2) is 28.9 Å². The van der Waals surface area contributed by atoms with Crippen LogP contribution in [0.25, 0.3) is 11.2 Å². The van der Waals surface area contributed by atoms with E-state index in [1.54, 1.807) is 0 Å². The van der Waals surface area contributed by atoms with Gasteiger partial charge in [-0.15, -0.1) is 0 Å². The Hall–Kier alpha value is -3.01. The maximum absolute atomic E-state index is 12.6. The largest absolute Gasteiger partial charge is 0.481 e. The molecular weight excluding hydrogens is 843 g/mol. The number of aliphatic hydroxyl groups excluding tert-OH is 3. The van der Waals surface area contributed by atoms with Crippen molar-refractivity contribution in [2.45, 2.75) is 63.4 Å². The number of phosphoric acid groups is 3. The summed E-state index contributed by atoms with van der Waals surface area (Å²) in [7, 11) is -16.5. The Morgan fingerprint density at radius 2 is 1.70 bits per heavy atom. The molecule has 0 saturated carbocycles. The quantitative estimate of drug-likeness (QED) is 0.0430. The van der Waals surface area contributed by atoms with Gasteiger partial charge in [-0.1, -0.05) is 25.6 Å². The van der Waals surface area contributed by atoms with Crippen LogP contribution in [-0.2, 0) is 55.5 Å². The van der Waals surface area contributed by atoms with Gasteiger partial charge in [0, 0.05) is 30.7 Å². The summed E-state index contributed by atoms with van der Waals surface area (Å²) in [5.41, 5.74) is 4.17. The lowest BCUT2D eigenvalue weighted by Crippen LogP contribution is -2.46. The monoisotopic (exact) mass is 883 g/mol. The highest BCUT2D eigenvalue weighted by molar-refractivity contribution is 8.13. The van der Waals surface area contributed by atoms with Gasteiger partial charge >= 0.3 is 29.4 Å². The molecular formula is C25H40N7O20P3S. The first kappa shape index (κ1) is 47.4. The number of phosphoric ester groups is 3. The molecule has 316 valence electrons. The second kappa shape index (κ2) is 19.6. The van der Waals surface area contributed by atoms with Gasteiger partial charge in [-0.25, -0.2) is 33.4 Å². The van der Waals surface area contributed by atoms with Crippen molar-refractivity contribution in [1.29, 1.82) is 0 Å². The van der Waals surface area contributed by atoms with Crippen LogP contribution in [0.2, 0.25) is 0 Å². The molecule has 56 heavy (non-hydrogen) atoms. The molecule has 0 spiro atoms. The fourth-order valence-electron chi connectivity index (χ4n) is 4.60. The van der Waals surface area contributed by atoms with Crippen molar-refractivity contribution < 1.29 is 95.5 Å². The lowest BCUT2D eigenvalue weighted by Gasteiger charge is -2.30.